The van der Waals surface area contributed by atoms with Crippen molar-refractivity contribution in [2.75, 3.05) is 13.2 Å². The van der Waals surface area contributed by atoms with Gasteiger partial charge in [-0.05, 0) is 38.0 Å². The molecule has 10 heteroatoms. The molecule has 0 radical (unpaired) electrons. The molecule has 4 heterocycles. The van der Waals surface area contributed by atoms with Crippen LogP contribution in [0.15, 0.2) is 47.8 Å². The molecule has 0 aliphatic carbocycles. The summed E-state index contributed by atoms with van der Waals surface area (Å²) in [6.45, 7) is 6.69. The van der Waals surface area contributed by atoms with Crippen LogP contribution in [-0.4, -0.2) is 44.4 Å². The van der Waals surface area contributed by atoms with E-state index in [1.807, 2.05) is 24.6 Å². The molecule has 204 valence electrons. The van der Waals surface area contributed by atoms with E-state index in [4.69, 9.17) is 14.2 Å². The zero-order valence-corrected chi connectivity index (χ0v) is 22.3. The van der Waals surface area contributed by atoms with Gasteiger partial charge in [-0.1, -0.05) is 25.5 Å². The van der Waals surface area contributed by atoms with Gasteiger partial charge in [-0.25, -0.2) is 14.2 Å². The minimum absolute atomic E-state index is 0.111. The highest BCUT2D eigenvalue weighted by Crippen LogP contribution is 2.38. The lowest BCUT2D eigenvalue weighted by molar-refractivity contribution is 0.0517. The number of carbonyl (C=O) groups is 1. The lowest BCUT2D eigenvalue weighted by atomic mass is 10.0. The maximum atomic E-state index is 13.9. The van der Waals surface area contributed by atoms with Gasteiger partial charge in [0.05, 0.1) is 38.3 Å². The Bertz CT molecular complexity index is 1560. The first kappa shape index (κ1) is 26.4. The summed E-state index contributed by atoms with van der Waals surface area (Å²) >= 11 is 0. The van der Waals surface area contributed by atoms with Crippen LogP contribution in [-0.2, 0) is 24.2 Å². The average Bonchev–Trinajstić information content (AvgIpc) is 3.33. The van der Waals surface area contributed by atoms with Gasteiger partial charge >= 0.3 is 5.97 Å². The summed E-state index contributed by atoms with van der Waals surface area (Å²) < 4.78 is 34.8. The zero-order chi connectivity index (χ0) is 27.5. The summed E-state index contributed by atoms with van der Waals surface area (Å²) in [6, 6.07) is 6.22. The number of halogens is 1. The molecular formula is C29H31FN4O5. The number of imidazole rings is 1. The van der Waals surface area contributed by atoms with Crippen LogP contribution in [0.4, 0.5) is 4.39 Å². The van der Waals surface area contributed by atoms with Crippen LogP contribution in [0.25, 0.3) is 11.0 Å². The van der Waals surface area contributed by atoms with Crippen molar-refractivity contribution in [2.45, 2.75) is 59.2 Å². The van der Waals surface area contributed by atoms with E-state index in [9.17, 15) is 14.0 Å². The van der Waals surface area contributed by atoms with Gasteiger partial charge in [0.2, 0.25) is 0 Å². The molecule has 0 amide bonds. The third-order valence-electron chi connectivity index (χ3n) is 6.63. The number of hydrogen-bond acceptors (Lipinski definition) is 7. The number of aromatic nitrogens is 4. The molecule has 0 saturated heterocycles. The predicted molar refractivity (Wildman–Crippen MR) is 143 cm³/mol. The summed E-state index contributed by atoms with van der Waals surface area (Å²) in [7, 11) is 0. The fourth-order valence-corrected chi connectivity index (χ4v) is 4.80. The second kappa shape index (κ2) is 11.3. The molecule has 5 rings (SSSR count). The number of pyridine rings is 2. The predicted octanol–water partition coefficient (Wildman–Crippen LogP) is 4.45. The van der Waals surface area contributed by atoms with Gasteiger partial charge in [-0.2, -0.15) is 0 Å². The fraction of sp³-hybridized carbons (Fsp3) is 0.379. The van der Waals surface area contributed by atoms with E-state index in [1.165, 1.54) is 12.1 Å². The van der Waals surface area contributed by atoms with Gasteiger partial charge in [-0.3, -0.25) is 14.3 Å². The quantitative estimate of drug-likeness (QED) is 0.219. The van der Waals surface area contributed by atoms with E-state index < -0.39 is 17.6 Å². The molecule has 4 aromatic rings. The highest BCUT2D eigenvalue weighted by molar-refractivity contribution is 6.00. The van der Waals surface area contributed by atoms with Crippen molar-refractivity contribution in [3.05, 3.63) is 81.5 Å². The van der Waals surface area contributed by atoms with Crippen molar-refractivity contribution >= 4 is 17.0 Å². The van der Waals surface area contributed by atoms with Crippen LogP contribution >= 0.6 is 0 Å². The zero-order valence-electron chi connectivity index (χ0n) is 22.3. The van der Waals surface area contributed by atoms with Gasteiger partial charge < -0.3 is 18.8 Å². The summed E-state index contributed by atoms with van der Waals surface area (Å²) in [6.07, 6.45) is 6.89. The second-order valence-corrected chi connectivity index (χ2v) is 9.61. The van der Waals surface area contributed by atoms with E-state index in [0.717, 1.165) is 29.7 Å². The van der Waals surface area contributed by atoms with E-state index >= 15 is 0 Å². The molecule has 39 heavy (non-hydrogen) atoms. The lowest BCUT2D eigenvalue weighted by Gasteiger charge is -2.30. The highest BCUT2D eigenvalue weighted by atomic mass is 19.1. The van der Waals surface area contributed by atoms with Crippen molar-refractivity contribution < 1.29 is 23.4 Å². The monoisotopic (exact) mass is 534 g/mol. The Morgan fingerprint density at radius 2 is 2.00 bits per heavy atom. The van der Waals surface area contributed by atoms with Gasteiger partial charge in [-0.15, -0.1) is 0 Å². The molecule has 9 nitrogen and oxygen atoms in total. The Balaban J connectivity index is 1.68. The average molecular weight is 535 g/mol. The third kappa shape index (κ3) is 5.36. The molecular weight excluding hydrogens is 503 g/mol. The SMILES string of the molecule is CCCCOc1c(C(=O)OCC)c(=O)n2c3c(c(Cc4ccc(F)cc4)cnc13)O[C@H](Cn1cnc(C)c1)C2. The molecule has 3 aromatic heterocycles. The molecule has 0 bridgehead atoms. The third-order valence-corrected chi connectivity index (χ3v) is 6.63. The molecule has 0 unspecified atom stereocenters. The first-order valence-electron chi connectivity index (χ1n) is 13.2. The number of ether oxygens (including phenoxy) is 3. The van der Waals surface area contributed by atoms with E-state index in [1.54, 1.807) is 36.1 Å². The van der Waals surface area contributed by atoms with E-state index in [-0.39, 0.29) is 30.3 Å². The number of rotatable bonds is 10. The molecule has 0 spiro atoms. The minimum atomic E-state index is -0.744. The molecule has 1 aliphatic rings. The Labute approximate surface area is 225 Å². The standard InChI is InChI=1S/C29H31FN4O5/c1-4-6-11-38-27-23(29(36)37-5-2)28(35)34-16-22(15-33-14-18(3)32-17-33)39-26-20(13-31-24(27)25(26)34)12-19-7-9-21(30)10-8-19/h7-10,13-14,17,22H,4-6,11-12,15-16H2,1-3H3/t22-/m1/s1. The topological polar surface area (TPSA) is 97.5 Å². The normalized spacial score (nSPS) is 14.3. The number of nitrogens with zero attached hydrogens (tertiary/aromatic N) is 4. The maximum absolute atomic E-state index is 13.9. The van der Waals surface area contributed by atoms with E-state index in [2.05, 4.69) is 9.97 Å². The summed E-state index contributed by atoms with van der Waals surface area (Å²) in [5.74, 6) is -0.463. The Morgan fingerprint density at radius 1 is 1.21 bits per heavy atom. The molecule has 1 atom stereocenters. The van der Waals surface area contributed by atoms with Crippen LogP contribution in [0.2, 0.25) is 0 Å². The summed E-state index contributed by atoms with van der Waals surface area (Å²) in [5.41, 5.74) is 2.62. The van der Waals surface area contributed by atoms with Crippen LogP contribution in [0, 0.1) is 12.7 Å². The van der Waals surface area contributed by atoms with Gasteiger partial charge in [0.15, 0.2) is 17.1 Å². The largest absolute Gasteiger partial charge is 0.490 e. The van der Waals surface area contributed by atoms with Crippen LogP contribution < -0.4 is 15.0 Å². The highest BCUT2D eigenvalue weighted by Gasteiger charge is 2.33. The number of hydrogen-bond donors (Lipinski definition) is 0. The van der Waals surface area contributed by atoms with Crippen molar-refractivity contribution in [1.29, 1.82) is 0 Å². The van der Waals surface area contributed by atoms with E-state index in [0.29, 0.717) is 36.4 Å². The second-order valence-electron chi connectivity index (χ2n) is 9.61. The van der Waals surface area contributed by atoms with Crippen LogP contribution in [0.1, 0.15) is 53.9 Å². The molecule has 1 aromatic carbocycles. The van der Waals surface area contributed by atoms with Gasteiger partial charge in [0.25, 0.3) is 5.56 Å². The number of esters is 1. The van der Waals surface area contributed by atoms with Crippen LogP contribution in [0.5, 0.6) is 11.5 Å². The Morgan fingerprint density at radius 3 is 2.69 bits per heavy atom. The lowest BCUT2D eigenvalue weighted by Crippen LogP contribution is -2.39. The minimum Gasteiger partial charge on any atom is -0.490 e. The first-order chi connectivity index (χ1) is 18.9. The van der Waals surface area contributed by atoms with Crippen LogP contribution in [0.3, 0.4) is 0 Å². The summed E-state index contributed by atoms with van der Waals surface area (Å²) in [5, 5.41) is 0. The van der Waals surface area contributed by atoms with Gasteiger partial charge in [0, 0.05) is 24.4 Å². The maximum Gasteiger partial charge on any atom is 0.347 e. The van der Waals surface area contributed by atoms with Gasteiger partial charge in [0.1, 0.15) is 23.0 Å². The first-order valence-corrected chi connectivity index (χ1v) is 13.2. The Hall–Kier alpha value is -4.21. The number of benzene rings is 1. The van der Waals surface area contributed by atoms with Crippen molar-refractivity contribution in [3.63, 3.8) is 0 Å². The van der Waals surface area contributed by atoms with Crippen molar-refractivity contribution in [1.82, 2.24) is 19.1 Å². The smallest absolute Gasteiger partial charge is 0.347 e. The molecule has 0 fully saturated rings. The summed E-state index contributed by atoms with van der Waals surface area (Å²) in [4.78, 5) is 35.9. The van der Waals surface area contributed by atoms with Crippen molar-refractivity contribution in [3.8, 4) is 11.5 Å². The molecule has 0 N–H and O–H groups in total. The molecule has 1 aliphatic heterocycles. The van der Waals surface area contributed by atoms with Crippen molar-refractivity contribution in [2.24, 2.45) is 0 Å². The number of unbranched alkanes of at least 4 members (excludes halogenated alkanes) is 1. The fourth-order valence-electron chi connectivity index (χ4n) is 4.80. The number of aryl methyl sites for hydroxylation is 1. The Kier molecular flexibility index (Phi) is 7.63. The number of carbonyl (C=O) groups excluding carboxylic acids is 1. The molecule has 0 saturated carbocycles.